The molecule has 0 saturated carbocycles. The van der Waals surface area contributed by atoms with Gasteiger partial charge in [0.05, 0.1) is 12.6 Å². The normalized spacial score (nSPS) is 11.5. The van der Waals surface area contributed by atoms with Crippen LogP contribution in [0.25, 0.3) is 10.8 Å². The molecule has 3 aromatic rings. The minimum absolute atomic E-state index is 0.00771. The quantitative estimate of drug-likeness (QED) is 0.302. The van der Waals surface area contributed by atoms with E-state index in [0.29, 0.717) is 18.7 Å². The summed E-state index contributed by atoms with van der Waals surface area (Å²) in [5, 5.41) is 6.90. The van der Waals surface area contributed by atoms with E-state index in [9.17, 15) is 23.2 Å². The maximum atomic E-state index is 13.9. The third-order valence-corrected chi connectivity index (χ3v) is 5.58. The fourth-order valence-corrected chi connectivity index (χ4v) is 3.53. The molecule has 0 bridgehead atoms. The molecule has 1 atom stereocenters. The molecule has 0 spiro atoms. The Hall–Kier alpha value is -4.28. The van der Waals surface area contributed by atoms with E-state index in [1.54, 1.807) is 12.3 Å². The number of rotatable bonds is 10. The molecule has 0 fully saturated rings. The molecular weight excluding hydrogens is 486 g/mol. The van der Waals surface area contributed by atoms with Crippen LogP contribution in [0.5, 0.6) is 0 Å². The van der Waals surface area contributed by atoms with Gasteiger partial charge in [0.25, 0.3) is 0 Å². The Bertz CT molecular complexity index is 1260. The lowest BCUT2D eigenvalue weighted by Gasteiger charge is -2.28. The molecule has 37 heavy (non-hydrogen) atoms. The highest BCUT2D eigenvalue weighted by molar-refractivity contribution is 5.89. The lowest BCUT2D eigenvalue weighted by Crippen LogP contribution is -2.46. The number of carbonyl (C=O) groups excluding carboxylic acids is 3. The van der Waals surface area contributed by atoms with Crippen molar-refractivity contribution >= 4 is 34.7 Å². The zero-order chi connectivity index (χ0) is 26.8. The molecule has 0 aliphatic rings. The predicted molar refractivity (Wildman–Crippen MR) is 133 cm³/mol. The number of likely N-dealkylation sites (N-methyl/N-ethyl adjacent to an activating group) is 1. The summed E-state index contributed by atoms with van der Waals surface area (Å²) in [7, 11) is 1.49. The number of pyridine rings is 1. The number of ether oxygens (including phenoxy) is 2. The van der Waals surface area contributed by atoms with E-state index in [0.717, 1.165) is 16.8 Å². The van der Waals surface area contributed by atoms with E-state index < -0.39 is 35.8 Å². The van der Waals surface area contributed by atoms with Crippen LogP contribution in [-0.2, 0) is 20.8 Å². The third-order valence-electron chi connectivity index (χ3n) is 5.58. The standard InChI is InChI=1S/C26H28F2N4O5/c1-17(33)36-12-6-10-21(32(2)25(34)30-15-20-9-5-11-22(27)24(20)28)16-37-26(35)31-23-13-18-7-3-4-8-19(18)14-29-23/h3-5,7-9,11,13-14,21H,6,10,12,15-16H2,1-2H3,(H,30,34)(H,29,31,35)/t21-/m1/s1. The Morgan fingerprint density at radius 1 is 1.05 bits per heavy atom. The molecular formula is C26H28F2N4O5. The first-order chi connectivity index (χ1) is 17.7. The van der Waals surface area contributed by atoms with Gasteiger partial charge < -0.3 is 19.7 Å². The van der Waals surface area contributed by atoms with Gasteiger partial charge in [-0.15, -0.1) is 0 Å². The second kappa shape index (κ2) is 13.1. The highest BCUT2D eigenvalue weighted by Gasteiger charge is 2.22. The first-order valence-electron chi connectivity index (χ1n) is 11.6. The molecule has 3 amide bonds. The number of halogens is 2. The maximum Gasteiger partial charge on any atom is 0.412 e. The van der Waals surface area contributed by atoms with Crippen molar-refractivity contribution in [2.24, 2.45) is 0 Å². The summed E-state index contributed by atoms with van der Waals surface area (Å²) in [6, 6.07) is 11.8. The van der Waals surface area contributed by atoms with Gasteiger partial charge in [0, 0.05) is 37.7 Å². The number of aromatic nitrogens is 1. The molecule has 9 nitrogen and oxygen atoms in total. The molecule has 0 saturated heterocycles. The molecule has 2 aromatic carbocycles. The summed E-state index contributed by atoms with van der Waals surface area (Å²) >= 11 is 0. The number of hydrogen-bond acceptors (Lipinski definition) is 6. The van der Waals surface area contributed by atoms with Crippen LogP contribution in [0, 0.1) is 11.6 Å². The van der Waals surface area contributed by atoms with Crippen LogP contribution in [-0.4, -0.2) is 54.3 Å². The SMILES string of the molecule is CC(=O)OCCC[C@H](COC(=O)Nc1cc2ccccc2cn1)N(C)C(=O)NCc1cccc(F)c1F. The summed E-state index contributed by atoms with van der Waals surface area (Å²) in [5.41, 5.74) is -0.00771. The lowest BCUT2D eigenvalue weighted by molar-refractivity contribution is -0.141. The number of carbonyl (C=O) groups is 3. The van der Waals surface area contributed by atoms with Crippen LogP contribution < -0.4 is 10.6 Å². The molecule has 0 aliphatic carbocycles. The Labute approximate surface area is 212 Å². The Balaban J connectivity index is 1.59. The van der Waals surface area contributed by atoms with Gasteiger partial charge in [-0.1, -0.05) is 36.4 Å². The van der Waals surface area contributed by atoms with Crippen LogP contribution >= 0.6 is 0 Å². The van der Waals surface area contributed by atoms with Crippen molar-refractivity contribution in [3.8, 4) is 0 Å². The zero-order valence-corrected chi connectivity index (χ0v) is 20.5. The number of amides is 3. The van der Waals surface area contributed by atoms with Crippen LogP contribution in [0.1, 0.15) is 25.3 Å². The summed E-state index contributed by atoms with van der Waals surface area (Å²) in [5.74, 6) is -2.17. The molecule has 11 heteroatoms. The minimum atomic E-state index is -1.04. The molecule has 0 aliphatic heterocycles. The number of anilines is 1. The van der Waals surface area contributed by atoms with Gasteiger partial charge in [-0.3, -0.25) is 10.1 Å². The number of nitrogens with one attached hydrogen (secondary N) is 2. The second-order valence-electron chi connectivity index (χ2n) is 8.26. The number of esters is 1. The number of hydrogen-bond donors (Lipinski definition) is 2. The van der Waals surface area contributed by atoms with E-state index in [1.165, 1.54) is 31.0 Å². The largest absolute Gasteiger partial charge is 0.466 e. The van der Waals surface area contributed by atoms with Crippen molar-refractivity contribution < 1.29 is 32.6 Å². The fourth-order valence-electron chi connectivity index (χ4n) is 3.53. The van der Waals surface area contributed by atoms with E-state index in [1.807, 2.05) is 24.3 Å². The molecule has 3 rings (SSSR count). The Morgan fingerprint density at radius 2 is 1.81 bits per heavy atom. The van der Waals surface area contributed by atoms with Crippen molar-refractivity contribution in [2.75, 3.05) is 25.6 Å². The monoisotopic (exact) mass is 514 g/mol. The zero-order valence-electron chi connectivity index (χ0n) is 20.5. The first kappa shape index (κ1) is 27.3. The van der Waals surface area contributed by atoms with E-state index in [-0.39, 0.29) is 25.3 Å². The van der Waals surface area contributed by atoms with Gasteiger partial charge >= 0.3 is 18.1 Å². The van der Waals surface area contributed by atoms with Crippen molar-refractivity contribution in [2.45, 2.75) is 32.4 Å². The van der Waals surface area contributed by atoms with Crippen LogP contribution in [0.4, 0.5) is 24.2 Å². The lowest BCUT2D eigenvalue weighted by atomic mass is 10.1. The van der Waals surface area contributed by atoms with E-state index in [4.69, 9.17) is 9.47 Å². The third kappa shape index (κ3) is 8.13. The minimum Gasteiger partial charge on any atom is -0.466 e. The smallest absolute Gasteiger partial charge is 0.412 e. The van der Waals surface area contributed by atoms with Gasteiger partial charge in [0.2, 0.25) is 0 Å². The molecule has 1 aromatic heterocycles. The number of nitrogens with zero attached hydrogens (tertiary/aromatic N) is 2. The van der Waals surface area contributed by atoms with Crippen molar-refractivity contribution in [1.82, 2.24) is 15.2 Å². The van der Waals surface area contributed by atoms with Crippen molar-refractivity contribution in [1.29, 1.82) is 0 Å². The Morgan fingerprint density at radius 3 is 2.57 bits per heavy atom. The molecule has 1 heterocycles. The van der Waals surface area contributed by atoms with Gasteiger partial charge in [-0.2, -0.15) is 0 Å². The topological polar surface area (TPSA) is 110 Å². The average molecular weight is 515 g/mol. The van der Waals surface area contributed by atoms with Crippen LogP contribution in [0.15, 0.2) is 54.7 Å². The summed E-state index contributed by atoms with van der Waals surface area (Å²) in [6.45, 7) is 1.01. The average Bonchev–Trinajstić information content (AvgIpc) is 2.88. The summed E-state index contributed by atoms with van der Waals surface area (Å²) in [4.78, 5) is 41.6. The van der Waals surface area contributed by atoms with Gasteiger partial charge in [-0.05, 0) is 30.4 Å². The molecule has 0 radical (unpaired) electrons. The van der Waals surface area contributed by atoms with E-state index in [2.05, 4.69) is 15.6 Å². The summed E-state index contributed by atoms with van der Waals surface area (Å²) < 4.78 is 37.6. The van der Waals surface area contributed by atoms with Crippen LogP contribution in [0.3, 0.4) is 0 Å². The highest BCUT2D eigenvalue weighted by Crippen LogP contribution is 2.17. The van der Waals surface area contributed by atoms with E-state index >= 15 is 0 Å². The molecule has 2 N–H and O–H groups in total. The summed E-state index contributed by atoms with van der Waals surface area (Å²) in [6.07, 6.45) is 1.61. The van der Waals surface area contributed by atoms with Gasteiger partial charge in [-0.25, -0.2) is 23.4 Å². The fraction of sp³-hybridized carbons (Fsp3) is 0.308. The van der Waals surface area contributed by atoms with Gasteiger partial charge in [0.1, 0.15) is 12.4 Å². The Kier molecular flexibility index (Phi) is 9.70. The van der Waals surface area contributed by atoms with Crippen molar-refractivity contribution in [3.63, 3.8) is 0 Å². The molecule has 196 valence electrons. The highest BCUT2D eigenvalue weighted by atomic mass is 19.2. The number of benzene rings is 2. The number of fused-ring (bicyclic) bond motifs is 1. The predicted octanol–water partition coefficient (Wildman–Crippen LogP) is 4.62. The van der Waals surface area contributed by atoms with Gasteiger partial charge in [0.15, 0.2) is 11.6 Å². The maximum absolute atomic E-state index is 13.9. The van der Waals surface area contributed by atoms with Crippen molar-refractivity contribution in [3.05, 3.63) is 71.9 Å². The van der Waals surface area contributed by atoms with Crippen LogP contribution in [0.2, 0.25) is 0 Å². The first-order valence-corrected chi connectivity index (χ1v) is 11.6. The molecule has 0 unspecified atom stereocenters. The second-order valence-corrected chi connectivity index (χ2v) is 8.26. The number of urea groups is 1.